The first kappa shape index (κ1) is 19.7. The largest absolute Gasteiger partial charge is 0.492 e. The maximum absolute atomic E-state index is 11.0. The molecule has 5 rings (SSSR count). The van der Waals surface area contributed by atoms with E-state index in [0.717, 1.165) is 47.5 Å². The van der Waals surface area contributed by atoms with Crippen LogP contribution in [-0.2, 0) is 12.8 Å². The average Bonchev–Trinajstić information content (AvgIpc) is 3.50. The van der Waals surface area contributed by atoms with Crippen molar-refractivity contribution in [3.05, 3.63) is 69.0 Å². The van der Waals surface area contributed by atoms with Crippen LogP contribution in [0.3, 0.4) is 0 Å². The number of thiophene rings is 1. The molecule has 1 N–H and O–H groups in total. The number of hydrogen-bond donors (Lipinski definition) is 1. The number of aromatic nitrogens is 3. The molecule has 1 fully saturated rings. The van der Waals surface area contributed by atoms with Gasteiger partial charge < -0.3 is 5.11 Å². The standard InChI is InChI=1S/C23H26N4OS2/c1-2-19-24-23-27(25-19)22(28)21(30-23)20(18-9-6-14-29-18)26-12-10-17(11-13-26)15-16-7-4-3-5-8-16/h3-9,14,17,20,28H,2,10-13,15H2,1H3/t20-/m0/s1. The number of fused-ring (bicyclic) bond motifs is 1. The summed E-state index contributed by atoms with van der Waals surface area (Å²) in [7, 11) is 0. The van der Waals surface area contributed by atoms with Gasteiger partial charge in [0.1, 0.15) is 0 Å². The summed E-state index contributed by atoms with van der Waals surface area (Å²) in [6, 6.07) is 15.2. The smallest absolute Gasteiger partial charge is 0.230 e. The van der Waals surface area contributed by atoms with Gasteiger partial charge in [-0.15, -0.1) is 16.4 Å². The molecule has 156 valence electrons. The molecule has 1 aromatic carbocycles. The minimum Gasteiger partial charge on any atom is -0.492 e. The number of rotatable bonds is 6. The fourth-order valence-corrected chi connectivity index (χ4v) is 6.47. The number of likely N-dealkylation sites (tertiary alicyclic amines) is 1. The van der Waals surface area contributed by atoms with Crippen molar-refractivity contribution in [2.75, 3.05) is 13.1 Å². The Morgan fingerprint density at radius 3 is 2.60 bits per heavy atom. The number of piperidine rings is 1. The summed E-state index contributed by atoms with van der Waals surface area (Å²) in [6.07, 6.45) is 4.28. The van der Waals surface area contributed by atoms with Crippen LogP contribution in [0.15, 0.2) is 47.8 Å². The van der Waals surface area contributed by atoms with Gasteiger partial charge in [0.2, 0.25) is 10.8 Å². The van der Waals surface area contributed by atoms with Crippen molar-refractivity contribution in [1.82, 2.24) is 19.5 Å². The fraction of sp³-hybridized carbons (Fsp3) is 0.391. The quantitative estimate of drug-likeness (QED) is 0.452. The van der Waals surface area contributed by atoms with Gasteiger partial charge in [-0.25, -0.2) is 4.98 Å². The summed E-state index contributed by atoms with van der Waals surface area (Å²) in [5, 5.41) is 17.6. The molecule has 5 nitrogen and oxygen atoms in total. The minimum atomic E-state index is 0.0706. The molecule has 0 bridgehead atoms. The summed E-state index contributed by atoms with van der Waals surface area (Å²) < 4.78 is 1.61. The maximum atomic E-state index is 11.0. The minimum absolute atomic E-state index is 0.0706. The van der Waals surface area contributed by atoms with Crippen LogP contribution in [0, 0.1) is 5.92 Å². The molecule has 30 heavy (non-hydrogen) atoms. The number of hydrogen-bond acceptors (Lipinski definition) is 6. The van der Waals surface area contributed by atoms with Gasteiger partial charge in [0.25, 0.3) is 0 Å². The van der Waals surface area contributed by atoms with Crippen LogP contribution in [-0.4, -0.2) is 37.7 Å². The molecule has 4 heterocycles. The number of nitrogens with zero attached hydrogens (tertiary/aromatic N) is 4. The third kappa shape index (κ3) is 3.77. The first-order chi connectivity index (χ1) is 14.7. The molecule has 1 aliphatic heterocycles. The van der Waals surface area contributed by atoms with Crippen molar-refractivity contribution in [3.8, 4) is 5.88 Å². The van der Waals surface area contributed by atoms with E-state index in [-0.39, 0.29) is 11.9 Å². The summed E-state index contributed by atoms with van der Waals surface area (Å²) in [5.41, 5.74) is 1.43. The SMILES string of the molecule is CCc1nc2sc([C@H](c3cccs3)N3CCC(Cc4ccccc4)CC3)c(O)n2n1. The van der Waals surface area contributed by atoms with Crippen molar-refractivity contribution < 1.29 is 5.11 Å². The summed E-state index contributed by atoms with van der Waals surface area (Å²) in [5.74, 6) is 1.74. The molecule has 0 spiro atoms. The summed E-state index contributed by atoms with van der Waals surface area (Å²) in [6.45, 7) is 4.10. The van der Waals surface area contributed by atoms with Crippen molar-refractivity contribution in [3.63, 3.8) is 0 Å². The van der Waals surface area contributed by atoms with Gasteiger partial charge in [0, 0.05) is 11.3 Å². The van der Waals surface area contributed by atoms with Crippen LogP contribution in [0.2, 0.25) is 0 Å². The maximum Gasteiger partial charge on any atom is 0.230 e. The van der Waals surface area contributed by atoms with Gasteiger partial charge in [-0.2, -0.15) is 4.52 Å². The van der Waals surface area contributed by atoms with Crippen LogP contribution in [0.5, 0.6) is 5.88 Å². The Kier molecular flexibility index (Phi) is 5.58. The van der Waals surface area contributed by atoms with Gasteiger partial charge in [0.15, 0.2) is 5.82 Å². The van der Waals surface area contributed by atoms with Crippen LogP contribution in [0.25, 0.3) is 4.96 Å². The zero-order chi connectivity index (χ0) is 20.5. The Morgan fingerprint density at radius 2 is 1.93 bits per heavy atom. The second kappa shape index (κ2) is 8.49. The number of thiazole rings is 1. The number of aryl methyl sites for hydroxylation is 1. The molecular formula is C23H26N4OS2. The monoisotopic (exact) mass is 438 g/mol. The molecule has 3 aromatic heterocycles. The Bertz CT molecular complexity index is 1100. The van der Waals surface area contributed by atoms with E-state index in [1.807, 2.05) is 6.92 Å². The first-order valence-electron chi connectivity index (χ1n) is 10.6. The third-order valence-electron chi connectivity index (χ3n) is 6.00. The zero-order valence-electron chi connectivity index (χ0n) is 17.1. The first-order valence-corrected chi connectivity index (χ1v) is 12.3. The van der Waals surface area contributed by atoms with Crippen LogP contribution in [0.1, 0.15) is 46.9 Å². The van der Waals surface area contributed by atoms with Crippen molar-refractivity contribution in [2.24, 2.45) is 5.92 Å². The predicted octanol–water partition coefficient (Wildman–Crippen LogP) is 5.16. The lowest BCUT2D eigenvalue weighted by atomic mass is 9.89. The lowest BCUT2D eigenvalue weighted by molar-refractivity contribution is 0.152. The normalized spacial score (nSPS) is 17.0. The Morgan fingerprint density at radius 1 is 1.13 bits per heavy atom. The van der Waals surface area contributed by atoms with E-state index in [0.29, 0.717) is 0 Å². The second-order valence-corrected chi connectivity index (χ2v) is 9.94. The van der Waals surface area contributed by atoms with E-state index in [2.05, 4.69) is 62.8 Å². The molecule has 0 unspecified atom stereocenters. The van der Waals surface area contributed by atoms with Gasteiger partial charge in [-0.1, -0.05) is 54.7 Å². The number of aromatic hydroxyl groups is 1. The highest BCUT2D eigenvalue weighted by Gasteiger charge is 2.32. The molecule has 1 aliphatic rings. The van der Waals surface area contributed by atoms with E-state index >= 15 is 0 Å². The predicted molar refractivity (Wildman–Crippen MR) is 123 cm³/mol. The average molecular weight is 439 g/mol. The lowest BCUT2D eigenvalue weighted by Crippen LogP contribution is -2.37. The van der Waals surface area contributed by atoms with Crippen molar-refractivity contribution in [1.29, 1.82) is 0 Å². The van der Waals surface area contributed by atoms with E-state index in [1.165, 1.54) is 23.3 Å². The van der Waals surface area contributed by atoms with Gasteiger partial charge in [-0.3, -0.25) is 4.90 Å². The van der Waals surface area contributed by atoms with Gasteiger partial charge in [-0.05, 0) is 55.3 Å². The molecule has 7 heteroatoms. The van der Waals surface area contributed by atoms with E-state index < -0.39 is 0 Å². The number of benzene rings is 1. The van der Waals surface area contributed by atoms with Gasteiger partial charge >= 0.3 is 0 Å². The molecule has 1 atom stereocenters. The topological polar surface area (TPSA) is 53.7 Å². The second-order valence-electron chi connectivity index (χ2n) is 7.95. The fourth-order valence-electron chi connectivity index (χ4n) is 4.40. The lowest BCUT2D eigenvalue weighted by Gasteiger charge is -2.37. The molecule has 0 amide bonds. The molecule has 4 aromatic rings. The highest BCUT2D eigenvalue weighted by Crippen LogP contribution is 2.42. The van der Waals surface area contributed by atoms with E-state index in [1.54, 1.807) is 27.2 Å². The Hall–Kier alpha value is -2.22. The third-order valence-corrected chi connectivity index (χ3v) is 8.00. The Balaban J connectivity index is 1.38. The molecule has 0 saturated carbocycles. The van der Waals surface area contributed by atoms with Crippen molar-refractivity contribution in [2.45, 2.75) is 38.6 Å². The highest BCUT2D eigenvalue weighted by atomic mass is 32.1. The van der Waals surface area contributed by atoms with E-state index in [9.17, 15) is 5.11 Å². The van der Waals surface area contributed by atoms with Crippen LogP contribution >= 0.6 is 22.7 Å². The van der Waals surface area contributed by atoms with Crippen LogP contribution < -0.4 is 0 Å². The van der Waals surface area contributed by atoms with E-state index in [4.69, 9.17) is 0 Å². The summed E-state index contributed by atoms with van der Waals surface area (Å²) in [4.78, 5) is 10.1. The summed E-state index contributed by atoms with van der Waals surface area (Å²) >= 11 is 3.32. The molecular weight excluding hydrogens is 412 g/mol. The van der Waals surface area contributed by atoms with Crippen molar-refractivity contribution >= 4 is 27.6 Å². The Labute approximate surface area is 184 Å². The van der Waals surface area contributed by atoms with Crippen LogP contribution in [0.4, 0.5) is 0 Å². The van der Waals surface area contributed by atoms with Gasteiger partial charge in [0.05, 0.1) is 10.9 Å². The molecule has 0 radical (unpaired) electrons. The highest BCUT2D eigenvalue weighted by molar-refractivity contribution is 7.17. The molecule has 0 aliphatic carbocycles. The zero-order valence-corrected chi connectivity index (χ0v) is 18.7. The molecule has 1 saturated heterocycles.